The van der Waals surface area contributed by atoms with Crippen LogP contribution in [0.5, 0.6) is 0 Å². The summed E-state index contributed by atoms with van der Waals surface area (Å²) in [5.41, 5.74) is 0. The zero-order valence-electron chi connectivity index (χ0n) is 51.5. The van der Waals surface area contributed by atoms with E-state index in [1.54, 1.807) is 0 Å². The van der Waals surface area contributed by atoms with Crippen molar-refractivity contribution in [2.24, 2.45) is 0 Å². The van der Waals surface area contributed by atoms with Crippen LogP contribution in [0.4, 0.5) is 0 Å². The number of rotatable bonds is 57. The number of carbonyl (C=O) groups excluding carboxylic acids is 3. The van der Waals surface area contributed by atoms with Gasteiger partial charge in [-0.3, -0.25) is 14.4 Å². The molecule has 450 valence electrons. The second kappa shape index (κ2) is 66.5. The normalized spacial score (nSPS) is 13.2. The van der Waals surface area contributed by atoms with Gasteiger partial charge < -0.3 is 14.2 Å². The van der Waals surface area contributed by atoms with Crippen LogP contribution in [0.3, 0.4) is 0 Å². The van der Waals surface area contributed by atoms with Gasteiger partial charge in [-0.25, -0.2) is 0 Å². The van der Waals surface area contributed by atoms with Crippen LogP contribution in [0.15, 0.2) is 158 Å². The molecule has 0 radical (unpaired) electrons. The monoisotopic (exact) mass is 1100 g/mol. The fourth-order valence-corrected chi connectivity index (χ4v) is 8.47. The SMILES string of the molecule is CC/C=C\C/C=C\C/C=C\C/C=C\C/C=C\C/C=C\CCCCCCCCCCCCC(=O)OCC(COC(=O)CCCCCCC/C=C\CCCCCCC)OC(=O)CC/C=C\C/C=C\C/C=C\C/C=C\C/C=C\C/C=C\CC. The van der Waals surface area contributed by atoms with Crippen molar-refractivity contribution in [3.63, 3.8) is 0 Å². The van der Waals surface area contributed by atoms with Gasteiger partial charge in [0.05, 0.1) is 0 Å². The number of hydrogen-bond acceptors (Lipinski definition) is 6. The van der Waals surface area contributed by atoms with Crippen molar-refractivity contribution in [1.82, 2.24) is 0 Å². The smallest absolute Gasteiger partial charge is 0.306 e. The first-order valence-corrected chi connectivity index (χ1v) is 32.5. The van der Waals surface area contributed by atoms with Gasteiger partial charge in [0.25, 0.3) is 0 Å². The van der Waals surface area contributed by atoms with Gasteiger partial charge in [-0.2, -0.15) is 0 Å². The molecule has 6 heteroatoms. The van der Waals surface area contributed by atoms with Crippen molar-refractivity contribution in [2.75, 3.05) is 13.2 Å². The maximum atomic E-state index is 12.9. The molecule has 0 aromatic carbocycles. The van der Waals surface area contributed by atoms with E-state index in [1.807, 2.05) is 6.08 Å². The van der Waals surface area contributed by atoms with Gasteiger partial charge in [0.1, 0.15) is 13.2 Å². The lowest BCUT2D eigenvalue weighted by Gasteiger charge is -2.18. The van der Waals surface area contributed by atoms with Gasteiger partial charge in [0, 0.05) is 19.3 Å². The van der Waals surface area contributed by atoms with Crippen LogP contribution >= 0.6 is 0 Å². The van der Waals surface area contributed by atoms with Crippen molar-refractivity contribution in [3.05, 3.63) is 158 Å². The third-order valence-corrected chi connectivity index (χ3v) is 13.3. The van der Waals surface area contributed by atoms with E-state index in [1.165, 1.54) is 89.9 Å². The predicted octanol–water partition coefficient (Wildman–Crippen LogP) is 22.5. The molecular formula is C74H118O6. The second-order valence-electron chi connectivity index (χ2n) is 20.9. The molecule has 0 amide bonds. The molecule has 80 heavy (non-hydrogen) atoms. The van der Waals surface area contributed by atoms with E-state index in [0.717, 1.165) is 135 Å². The van der Waals surface area contributed by atoms with Gasteiger partial charge in [-0.1, -0.05) is 275 Å². The van der Waals surface area contributed by atoms with Gasteiger partial charge in [-0.15, -0.1) is 0 Å². The van der Waals surface area contributed by atoms with E-state index in [-0.39, 0.29) is 31.6 Å². The Hall–Kier alpha value is -4.97. The van der Waals surface area contributed by atoms with Crippen LogP contribution in [-0.2, 0) is 28.6 Å². The number of allylic oxidation sites excluding steroid dienone is 26. The Morgan fingerprint density at radius 2 is 0.512 bits per heavy atom. The first kappa shape index (κ1) is 75.0. The Bertz CT molecular complexity index is 1790. The highest BCUT2D eigenvalue weighted by Crippen LogP contribution is 2.14. The van der Waals surface area contributed by atoms with E-state index in [9.17, 15) is 14.4 Å². The van der Waals surface area contributed by atoms with Crippen molar-refractivity contribution < 1.29 is 28.6 Å². The summed E-state index contributed by atoms with van der Waals surface area (Å²) in [5.74, 6) is -1.02. The van der Waals surface area contributed by atoms with Crippen LogP contribution < -0.4 is 0 Å². The highest BCUT2D eigenvalue weighted by Gasteiger charge is 2.19. The lowest BCUT2D eigenvalue weighted by atomic mass is 10.1. The molecule has 0 saturated carbocycles. The molecular weight excluding hydrogens is 985 g/mol. The summed E-state index contributed by atoms with van der Waals surface area (Å²) in [5, 5.41) is 0. The summed E-state index contributed by atoms with van der Waals surface area (Å²) in [6.07, 6.45) is 96.9. The number of hydrogen-bond donors (Lipinski definition) is 0. The number of unbranched alkanes of at least 4 members (excludes halogenated alkanes) is 20. The van der Waals surface area contributed by atoms with Gasteiger partial charge >= 0.3 is 17.9 Å². The third-order valence-electron chi connectivity index (χ3n) is 13.3. The van der Waals surface area contributed by atoms with Gasteiger partial charge in [-0.05, 0) is 135 Å². The molecule has 0 aromatic heterocycles. The fourth-order valence-electron chi connectivity index (χ4n) is 8.47. The van der Waals surface area contributed by atoms with E-state index in [0.29, 0.717) is 19.3 Å². The van der Waals surface area contributed by atoms with Gasteiger partial charge in [0.15, 0.2) is 6.10 Å². The molecule has 0 heterocycles. The Balaban J connectivity index is 4.43. The molecule has 1 atom stereocenters. The van der Waals surface area contributed by atoms with Crippen LogP contribution in [0.25, 0.3) is 0 Å². The van der Waals surface area contributed by atoms with E-state index in [2.05, 4.69) is 173 Å². The average molecular weight is 1100 g/mol. The standard InChI is InChI=1S/C74H118O6/c1-4-7-10-13-16-19-22-25-28-30-32-33-34-35-36-37-38-39-40-41-43-44-46-49-52-55-58-61-64-67-73(76)79-70-71(69-78-72(75)66-63-60-57-54-51-48-27-24-21-18-15-12-9-6-3)80-74(77)68-65-62-59-56-53-50-47-45-42-31-29-26-23-20-17-14-11-8-5-2/h7-8,10-11,16-17,19-20,24-29,32-33,35-36,38-39,42,45,50,53,59,62,71H,4-6,9,12-15,18,21-23,30-31,34,37,40-41,43-44,46-49,51-52,54-58,60-61,63-70H2,1-3H3/b10-7-,11-8-,19-16-,20-17-,27-24-,28-25-,29-26-,33-32-,36-35-,39-38-,45-42-,53-50-,62-59-. The number of ether oxygens (including phenoxy) is 3. The molecule has 0 aliphatic rings. The molecule has 0 aliphatic carbocycles. The molecule has 6 nitrogen and oxygen atoms in total. The minimum Gasteiger partial charge on any atom is -0.462 e. The minimum absolute atomic E-state index is 0.119. The Kier molecular flexibility index (Phi) is 62.4. The summed E-state index contributed by atoms with van der Waals surface area (Å²) in [7, 11) is 0. The summed E-state index contributed by atoms with van der Waals surface area (Å²) in [4.78, 5) is 38.3. The highest BCUT2D eigenvalue weighted by atomic mass is 16.6. The molecule has 0 saturated heterocycles. The molecule has 1 unspecified atom stereocenters. The maximum Gasteiger partial charge on any atom is 0.306 e. The fraction of sp³-hybridized carbons (Fsp3) is 0.608. The first-order chi connectivity index (χ1) is 39.5. The third kappa shape index (κ3) is 63.9. The lowest BCUT2D eigenvalue weighted by Crippen LogP contribution is -2.30. The van der Waals surface area contributed by atoms with Crippen molar-refractivity contribution in [1.29, 1.82) is 0 Å². The average Bonchev–Trinajstić information content (AvgIpc) is 3.46. The van der Waals surface area contributed by atoms with Crippen LogP contribution in [0.2, 0.25) is 0 Å². The molecule has 0 aliphatic heterocycles. The maximum absolute atomic E-state index is 12.9. The molecule has 0 N–H and O–H groups in total. The summed E-state index contributed by atoms with van der Waals surface area (Å²) >= 11 is 0. The zero-order valence-corrected chi connectivity index (χ0v) is 51.5. The van der Waals surface area contributed by atoms with E-state index >= 15 is 0 Å². The largest absolute Gasteiger partial charge is 0.462 e. The Morgan fingerprint density at radius 3 is 0.825 bits per heavy atom. The van der Waals surface area contributed by atoms with Crippen LogP contribution in [0.1, 0.15) is 271 Å². The molecule has 0 fully saturated rings. The topological polar surface area (TPSA) is 78.9 Å². The van der Waals surface area contributed by atoms with Crippen molar-refractivity contribution >= 4 is 17.9 Å². The highest BCUT2D eigenvalue weighted by molar-refractivity contribution is 5.71. The molecule has 0 aromatic rings. The zero-order chi connectivity index (χ0) is 57.8. The van der Waals surface area contributed by atoms with Crippen molar-refractivity contribution in [2.45, 2.75) is 277 Å². The van der Waals surface area contributed by atoms with E-state index < -0.39 is 12.1 Å². The quantitative estimate of drug-likeness (QED) is 0.0261. The minimum atomic E-state index is -0.832. The van der Waals surface area contributed by atoms with E-state index in [4.69, 9.17) is 14.2 Å². The Morgan fingerprint density at radius 1 is 0.263 bits per heavy atom. The summed E-state index contributed by atoms with van der Waals surface area (Å²) < 4.78 is 16.8. The number of esters is 3. The van der Waals surface area contributed by atoms with Crippen molar-refractivity contribution in [3.8, 4) is 0 Å². The molecule has 0 rings (SSSR count). The Labute approximate surface area is 492 Å². The first-order valence-electron chi connectivity index (χ1n) is 32.5. The lowest BCUT2D eigenvalue weighted by molar-refractivity contribution is -0.166. The second-order valence-corrected chi connectivity index (χ2v) is 20.9. The molecule has 0 spiro atoms. The summed E-state index contributed by atoms with van der Waals surface area (Å²) in [6.45, 7) is 6.33. The molecule has 0 bridgehead atoms. The predicted molar refractivity (Wildman–Crippen MR) is 348 cm³/mol. The van der Waals surface area contributed by atoms with Crippen LogP contribution in [0, 0.1) is 0 Å². The van der Waals surface area contributed by atoms with Crippen LogP contribution in [-0.4, -0.2) is 37.2 Å². The number of carbonyl (C=O) groups is 3. The summed E-state index contributed by atoms with van der Waals surface area (Å²) in [6, 6.07) is 0. The van der Waals surface area contributed by atoms with Gasteiger partial charge in [0.2, 0.25) is 0 Å².